The molecule has 0 radical (unpaired) electrons. The van der Waals surface area contributed by atoms with Crippen molar-refractivity contribution in [3.8, 4) is 5.75 Å². The van der Waals surface area contributed by atoms with E-state index >= 15 is 0 Å². The van der Waals surface area contributed by atoms with Gasteiger partial charge in [-0.25, -0.2) is 8.42 Å². The lowest BCUT2D eigenvalue weighted by Crippen LogP contribution is -2.42. The van der Waals surface area contributed by atoms with Crippen molar-refractivity contribution < 1.29 is 17.9 Å². The molecule has 0 bridgehead atoms. The minimum absolute atomic E-state index is 0.207. The van der Waals surface area contributed by atoms with Crippen molar-refractivity contribution in [1.29, 1.82) is 0 Å². The number of halogens is 1. The Kier molecular flexibility index (Phi) is 7.77. The van der Waals surface area contributed by atoms with Crippen LogP contribution in [0.15, 0.2) is 64.9 Å². The second-order valence-corrected chi connectivity index (χ2v) is 11.7. The average molecular weight is 520 g/mol. The largest absolute Gasteiger partial charge is 0.497 e. The van der Waals surface area contributed by atoms with Crippen molar-refractivity contribution in [2.45, 2.75) is 29.6 Å². The Morgan fingerprint density at radius 3 is 2.56 bits per heavy atom. The second-order valence-electron chi connectivity index (χ2n) is 7.96. The molecule has 1 saturated heterocycles. The van der Waals surface area contributed by atoms with E-state index in [9.17, 15) is 13.2 Å². The molecule has 34 heavy (non-hydrogen) atoms. The summed E-state index contributed by atoms with van der Waals surface area (Å²) in [6.07, 6.45) is 1.44. The van der Waals surface area contributed by atoms with E-state index in [1.807, 2.05) is 24.3 Å². The third kappa shape index (κ3) is 5.90. The summed E-state index contributed by atoms with van der Waals surface area (Å²) in [5, 5.41) is 6.96. The molecule has 2 heterocycles. The van der Waals surface area contributed by atoms with Gasteiger partial charge in [0.15, 0.2) is 0 Å². The van der Waals surface area contributed by atoms with Gasteiger partial charge in [-0.1, -0.05) is 17.7 Å². The van der Waals surface area contributed by atoms with Gasteiger partial charge in [-0.2, -0.15) is 4.31 Å². The average Bonchev–Trinajstić information content (AvgIpc) is 3.34. The van der Waals surface area contributed by atoms with E-state index < -0.39 is 10.0 Å². The fourth-order valence-corrected chi connectivity index (χ4v) is 6.82. The summed E-state index contributed by atoms with van der Waals surface area (Å²) in [4.78, 5) is 13.2. The van der Waals surface area contributed by atoms with E-state index in [2.05, 4.69) is 10.6 Å². The molecule has 1 fully saturated rings. The first-order chi connectivity index (χ1) is 16.3. The predicted octanol–water partition coefficient (Wildman–Crippen LogP) is 4.61. The van der Waals surface area contributed by atoms with Gasteiger partial charge >= 0.3 is 0 Å². The monoisotopic (exact) mass is 519 g/mol. The summed E-state index contributed by atoms with van der Waals surface area (Å²) < 4.78 is 33.2. The highest BCUT2D eigenvalue weighted by Gasteiger charge is 2.30. The van der Waals surface area contributed by atoms with Crippen LogP contribution in [0.4, 0.5) is 5.69 Å². The smallest absolute Gasteiger partial charge is 0.252 e. The molecule has 0 aliphatic carbocycles. The highest BCUT2D eigenvalue weighted by atomic mass is 35.5. The molecule has 4 rings (SSSR count). The molecule has 0 saturated carbocycles. The number of piperidine rings is 1. The molecule has 10 heteroatoms. The Labute approximate surface area is 208 Å². The van der Waals surface area contributed by atoms with Gasteiger partial charge in [0.1, 0.15) is 9.96 Å². The highest BCUT2D eigenvalue weighted by molar-refractivity contribution is 7.91. The third-order valence-corrected chi connectivity index (χ3v) is 9.36. The van der Waals surface area contributed by atoms with Crippen LogP contribution in [0, 0.1) is 0 Å². The first kappa shape index (κ1) is 24.5. The molecule has 0 unspecified atom stereocenters. The van der Waals surface area contributed by atoms with Crippen molar-refractivity contribution >= 4 is 44.6 Å². The van der Waals surface area contributed by atoms with E-state index in [1.54, 1.807) is 43.5 Å². The molecule has 0 atom stereocenters. The number of nitrogens with zero attached hydrogens (tertiary/aromatic N) is 1. The number of hydrogen-bond donors (Lipinski definition) is 2. The van der Waals surface area contributed by atoms with Gasteiger partial charge in [-0.15, -0.1) is 11.3 Å². The van der Waals surface area contributed by atoms with E-state index in [0.29, 0.717) is 33.6 Å². The third-order valence-electron chi connectivity index (χ3n) is 5.66. The van der Waals surface area contributed by atoms with Gasteiger partial charge in [0.05, 0.1) is 13.7 Å². The molecule has 1 amide bonds. The number of rotatable bonds is 8. The van der Waals surface area contributed by atoms with Gasteiger partial charge in [0, 0.05) is 40.3 Å². The Balaban J connectivity index is 1.31. The fourth-order valence-electron chi connectivity index (χ4n) is 3.78. The minimum atomic E-state index is -3.57. The number of ether oxygens (including phenoxy) is 1. The van der Waals surface area contributed by atoms with Gasteiger partial charge in [-0.3, -0.25) is 4.79 Å². The van der Waals surface area contributed by atoms with E-state index in [4.69, 9.17) is 16.3 Å². The number of amides is 1. The summed E-state index contributed by atoms with van der Waals surface area (Å²) in [5.41, 5.74) is 1.46. The number of sulfonamides is 1. The summed E-state index contributed by atoms with van der Waals surface area (Å²) >= 11 is 7.12. The van der Waals surface area contributed by atoms with Crippen molar-refractivity contribution in [2.75, 3.05) is 25.5 Å². The number of methoxy groups -OCH3 is 1. The van der Waals surface area contributed by atoms with Gasteiger partial charge in [-0.05, 0) is 67.4 Å². The summed E-state index contributed by atoms with van der Waals surface area (Å²) in [7, 11) is -2.02. The van der Waals surface area contributed by atoms with Crippen LogP contribution in [-0.4, -0.2) is 44.9 Å². The standard InChI is InChI=1S/C24H26ClN3O4S2/c1-32-21-4-2-3-17(15-21)24(29)26-16-22-9-10-23(33-22)34(30,31)28-13-11-20(12-14-28)27-19-7-5-18(25)6-8-19/h2-10,15,20,27H,11-14,16H2,1H3,(H,26,29). The lowest BCUT2D eigenvalue weighted by atomic mass is 10.1. The normalized spacial score (nSPS) is 15.1. The summed E-state index contributed by atoms with van der Waals surface area (Å²) in [5.74, 6) is 0.358. The maximum Gasteiger partial charge on any atom is 0.252 e. The maximum absolute atomic E-state index is 13.1. The molecule has 180 valence electrons. The zero-order valence-corrected chi connectivity index (χ0v) is 21.0. The number of carbonyl (C=O) groups excluding carboxylic acids is 1. The van der Waals surface area contributed by atoms with Crippen molar-refractivity contribution in [2.24, 2.45) is 0 Å². The van der Waals surface area contributed by atoms with Gasteiger partial charge in [0.25, 0.3) is 15.9 Å². The zero-order valence-electron chi connectivity index (χ0n) is 18.7. The molecular weight excluding hydrogens is 494 g/mol. The number of carbonyl (C=O) groups is 1. The SMILES string of the molecule is COc1cccc(C(=O)NCc2ccc(S(=O)(=O)N3CCC(Nc4ccc(Cl)cc4)CC3)s2)c1. The molecule has 3 aromatic rings. The van der Waals surface area contributed by atoms with E-state index in [1.165, 1.54) is 15.6 Å². The zero-order chi connectivity index (χ0) is 24.1. The number of nitrogens with one attached hydrogen (secondary N) is 2. The number of anilines is 1. The van der Waals surface area contributed by atoms with Crippen LogP contribution < -0.4 is 15.4 Å². The van der Waals surface area contributed by atoms with Crippen LogP contribution in [0.2, 0.25) is 5.02 Å². The topological polar surface area (TPSA) is 87.7 Å². The fraction of sp³-hybridized carbons (Fsp3) is 0.292. The number of thiophene rings is 1. The Morgan fingerprint density at radius 1 is 1.12 bits per heavy atom. The molecule has 2 N–H and O–H groups in total. The second kappa shape index (κ2) is 10.8. The number of hydrogen-bond acceptors (Lipinski definition) is 6. The van der Waals surface area contributed by atoms with Crippen LogP contribution in [0.3, 0.4) is 0 Å². The minimum Gasteiger partial charge on any atom is -0.497 e. The number of benzene rings is 2. The van der Waals surface area contributed by atoms with Crippen LogP contribution in [-0.2, 0) is 16.6 Å². The first-order valence-corrected chi connectivity index (χ1v) is 13.5. The quantitative estimate of drug-likeness (QED) is 0.454. The van der Waals surface area contributed by atoms with E-state index in [0.717, 1.165) is 23.4 Å². The van der Waals surface area contributed by atoms with Crippen molar-refractivity contribution in [3.63, 3.8) is 0 Å². The molecule has 1 aromatic heterocycles. The molecule has 0 spiro atoms. The highest BCUT2D eigenvalue weighted by Crippen LogP contribution is 2.28. The van der Waals surface area contributed by atoms with Crippen LogP contribution in [0.5, 0.6) is 5.75 Å². The lowest BCUT2D eigenvalue weighted by molar-refractivity contribution is 0.0951. The van der Waals surface area contributed by atoms with Crippen LogP contribution in [0.1, 0.15) is 28.1 Å². The summed E-state index contributed by atoms with van der Waals surface area (Å²) in [6.45, 7) is 1.16. The van der Waals surface area contributed by atoms with Crippen molar-refractivity contribution in [1.82, 2.24) is 9.62 Å². The Hall–Kier alpha value is -2.59. The molecule has 7 nitrogen and oxygen atoms in total. The maximum atomic E-state index is 13.1. The van der Waals surface area contributed by atoms with Gasteiger partial charge in [0.2, 0.25) is 0 Å². The van der Waals surface area contributed by atoms with Crippen LogP contribution in [0.25, 0.3) is 0 Å². The molecule has 1 aliphatic heterocycles. The van der Waals surface area contributed by atoms with E-state index in [-0.39, 0.29) is 18.5 Å². The summed E-state index contributed by atoms with van der Waals surface area (Å²) in [6, 6.07) is 18.0. The molecular formula is C24H26ClN3O4S2. The Morgan fingerprint density at radius 2 is 1.85 bits per heavy atom. The Bertz CT molecular complexity index is 1240. The van der Waals surface area contributed by atoms with Crippen molar-refractivity contribution in [3.05, 3.63) is 76.1 Å². The molecule has 1 aliphatic rings. The van der Waals surface area contributed by atoms with Gasteiger partial charge < -0.3 is 15.4 Å². The predicted molar refractivity (Wildman–Crippen MR) is 135 cm³/mol. The lowest BCUT2D eigenvalue weighted by Gasteiger charge is -2.31. The molecule has 2 aromatic carbocycles. The first-order valence-electron chi connectivity index (χ1n) is 10.9. The van der Waals surface area contributed by atoms with Crippen LogP contribution >= 0.6 is 22.9 Å².